The van der Waals surface area contributed by atoms with Gasteiger partial charge >= 0.3 is 0 Å². The Balaban J connectivity index is 0.000000354. The summed E-state index contributed by atoms with van der Waals surface area (Å²) < 4.78 is 0. The van der Waals surface area contributed by atoms with Gasteiger partial charge in [-0.1, -0.05) is 24.3 Å². The number of anilines is 1. The monoisotopic (exact) mass is 450 g/mol. The highest BCUT2D eigenvalue weighted by atomic mass is 32.1. The van der Waals surface area contributed by atoms with Crippen LogP contribution >= 0.6 is 11.3 Å². The Hall–Kier alpha value is -2.81. The molecule has 3 aromatic rings. The van der Waals surface area contributed by atoms with Crippen molar-refractivity contribution in [1.82, 2.24) is 20.6 Å². The molecule has 0 aliphatic carbocycles. The summed E-state index contributed by atoms with van der Waals surface area (Å²) in [7, 11) is 0. The molecule has 2 saturated heterocycles. The van der Waals surface area contributed by atoms with Crippen molar-refractivity contribution in [1.29, 1.82) is 0 Å². The van der Waals surface area contributed by atoms with E-state index in [-0.39, 0.29) is 0 Å². The van der Waals surface area contributed by atoms with E-state index in [1.807, 2.05) is 41.8 Å². The fourth-order valence-corrected chi connectivity index (χ4v) is 4.69. The Bertz CT molecular complexity index is 1010. The zero-order valence-electron chi connectivity index (χ0n) is 18.2. The van der Waals surface area contributed by atoms with E-state index in [4.69, 9.17) is 4.98 Å². The van der Waals surface area contributed by atoms with Crippen LogP contribution in [0.1, 0.15) is 30.7 Å². The molecule has 2 aromatic heterocycles. The van der Waals surface area contributed by atoms with Gasteiger partial charge < -0.3 is 20.6 Å². The summed E-state index contributed by atoms with van der Waals surface area (Å²) in [5, 5.41) is 19.1. The fraction of sp³-hybridized carbons (Fsp3) is 0.375. The lowest BCUT2D eigenvalue weighted by atomic mass is 9.90. The number of hydrogen-bond acceptors (Lipinski definition) is 8. The van der Waals surface area contributed by atoms with Crippen molar-refractivity contribution in [3.8, 4) is 17.1 Å². The van der Waals surface area contributed by atoms with Gasteiger partial charge in [0.15, 0.2) is 0 Å². The van der Waals surface area contributed by atoms with Gasteiger partial charge in [0.1, 0.15) is 17.3 Å². The molecule has 0 spiro atoms. The molecule has 8 heteroatoms. The second kappa shape index (κ2) is 11.2. The minimum Gasteiger partial charge on any atom is -0.508 e. The third-order valence-corrected chi connectivity index (χ3v) is 6.48. The van der Waals surface area contributed by atoms with Gasteiger partial charge in [-0.05, 0) is 62.8 Å². The minimum atomic E-state index is 0.311. The number of benzene rings is 1. The van der Waals surface area contributed by atoms with Gasteiger partial charge in [-0.2, -0.15) is 0 Å². The molecular weight excluding hydrogens is 420 g/mol. The molecule has 1 unspecified atom stereocenters. The molecule has 4 heterocycles. The maximum atomic E-state index is 10.2. The first-order valence-electron chi connectivity index (χ1n) is 11.1. The van der Waals surface area contributed by atoms with Crippen LogP contribution in [0.25, 0.3) is 11.4 Å². The molecule has 0 saturated carbocycles. The minimum absolute atomic E-state index is 0.311. The van der Waals surface area contributed by atoms with Crippen LogP contribution < -0.4 is 15.5 Å². The summed E-state index contributed by atoms with van der Waals surface area (Å²) >= 11 is 1.46. The predicted molar refractivity (Wildman–Crippen MR) is 132 cm³/mol. The van der Waals surface area contributed by atoms with Gasteiger partial charge in [0.05, 0.1) is 5.69 Å². The number of thiazole rings is 1. The van der Waals surface area contributed by atoms with Crippen molar-refractivity contribution in [2.45, 2.75) is 25.2 Å². The summed E-state index contributed by atoms with van der Waals surface area (Å²) in [6, 6.07) is 13.7. The van der Waals surface area contributed by atoms with E-state index in [9.17, 15) is 5.11 Å². The standard InChI is InChI=1S/C20H20N4OS.C4H10N2/c1-21-20-23-17(13-26-20)16-8-4-10-19(22-16)24-11-5-6-14(12-24)15-7-2-3-9-18(15)25;1-2-5-4-6-3-1/h2-4,7-10,13-14,25H,1,5-6,11-12H2;5-6H,1-4H2. The number of para-hydroxylation sites is 1. The SMILES string of the molecule is C1CNCNC1.C=Nc1nc(-c2cccc(N3CCCC(c4ccccc4O)C3)n2)cs1. The highest BCUT2D eigenvalue weighted by Crippen LogP contribution is 2.34. The number of phenolic OH excluding ortho intramolecular Hbond substituents is 1. The Morgan fingerprint density at radius 3 is 2.56 bits per heavy atom. The number of aromatic nitrogens is 2. The van der Waals surface area contributed by atoms with E-state index in [0.717, 1.165) is 55.4 Å². The van der Waals surface area contributed by atoms with Crippen LogP contribution in [-0.4, -0.2) is 54.6 Å². The quantitative estimate of drug-likeness (QED) is 0.518. The lowest BCUT2D eigenvalue weighted by Gasteiger charge is -2.34. The molecule has 2 fully saturated rings. The van der Waals surface area contributed by atoms with Crippen LogP contribution in [0.5, 0.6) is 5.75 Å². The summed E-state index contributed by atoms with van der Waals surface area (Å²) in [6.45, 7) is 8.72. The highest BCUT2D eigenvalue weighted by molar-refractivity contribution is 7.13. The molecule has 5 rings (SSSR count). The van der Waals surface area contributed by atoms with Crippen molar-refractivity contribution in [3.63, 3.8) is 0 Å². The topological polar surface area (TPSA) is 85.7 Å². The second-order valence-electron chi connectivity index (χ2n) is 7.93. The molecule has 0 radical (unpaired) electrons. The summed E-state index contributed by atoms with van der Waals surface area (Å²) in [5.41, 5.74) is 2.70. The van der Waals surface area contributed by atoms with Gasteiger partial charge in [0.2, 0.25) is 5.13 Å². The average Bonchev–Trinajstić information content (AvgIpc) is 3.36. The molecule has 1 aromatic carbocycles. The van der Waals surface area contributed by atoms with Crippen molar-refractivity contribution in [3.05, 3.63) is 53.4 Å². The summed E-state index contributed by atoms with van der Waals surface area (Å²) in [5.74, 6) is 1.64. The third-order valence-electron chi connectivity index (χ3n) is 5.70. The Kier molecular flexibility index (Phi) is 7.82. The first kappa shape index (κ1) is 22.4. The van der Waals surface area contributed by atoms with Crippen molar-refractivity contribution in [2.75, 3.05) is 37.7 Å². The molecule has 1 atom stereocenters. The maximum absolute atomic E-state index is 10.2. The predicted octanol–water partition coefficient (Wildman–Crippen LogP) is 4.15. The lowest BCUT2D eigenvalue weighted by Crippen LogP contribution is -2.37. The molecule has 32 heavy (non-hydrogen) atoms. The first-order valence-corrected chi connectivity index (χ1v) is 12.0. The number of pyridine rings is 1. The normalized spacial score (nSPS) is 18.5. The molecule has 168 valence electrons. The number of hydrogen-bond donors (Lipinski definition) is 3. The number of phenols is 1. The average molecular weight is 451 g/mol. The van der Waals surface area contributed by atoms with E-state index in [0.29, 0.717) is 16.8 Å². The molecule has 7 nitrogen and oxygen atoms in total. The zero-order valence-corrected chi connectivity index (χ0v) is 19.0. The van der Waals surface area contributed by atoms with Crippen LogP contribution in [0.4, 0.5) is 10.9 Å². The van der Waals surface area contributed by atoms with Crippen LogP contribution in [0.2, 0.25) is 0 Å². The van der Waals surface area contributed by atoms with Gasteiger partial charge in [-0.3, -0.25) is 0 Å². The molecule has 3 N–H and O–H groups in total. The number of aliphatic imine (C=N–C) groups is 1. The zero-order chi connectivity index (χ0) is 22.2. The van der Waals surface area contributed by atoms with E-state index in [1.54, 1.807) is 6.07 Å². The van der Waals surface area contributed by atoms with Crippen molar-refractivity contribution < 1.29 is 5.11 Å². The van der Waals surface area contributed by atoms with Gasteiger partial charge in [0, 0.05) is 31.1 Å². The smallest absolute Gasteiger partial charge is 0.209 e. The third kappa shape index (κ3) is 5.70. The molecule has 0 bridgehead atoms. The molecule has 2 aliphatic heterocycles. The van der Waals surface area contributed by atoms with E-state index in [1.165, 1.54) is 30.8 Å². The number of rotatable bonds is 4. The van der Waals surface area contributed by atoms with Crippen molar-refractivity contribution >= 4 is 29.0 Å². The number of piperidine rings is 1. The van der Waals surface area contributed by atoms with Crippen LogP contribution in [-0.2, 0) is 0 Å². The Morgan fingerprint density at radius 2 is 1.88 bits per heavy atom. The van der Waals surface area contributed by atoms with Crippen molar-refractivity contribution in [2.24, 2.45) is 4.99 Å². The van der Waals surface area contributed by atoms with Gasteiger partial charge in [-0.25, -0.2) is 15.0 Å². The van der Waals surface area contributed by atoms with Gasteiger partial charge in [0.25, 0.3) is 0 Å². The van der Waals surface area contributed by atoms with Crippen LogP contribution in [0.3, 0.4) is 0 Å². The maximum Gasteiger partial charge on any atom is 0.209 e. The first-order chi connectivity index (χ1) is 15.7. The number of nitrogens with one attached hydrogen (secondary N) is 2. The number of nitrogens with zero attached hydrogens (tertiary/aromatic N) is 4. The fourth-order valence-electron chi connectivity index (χ4n) is 4.07. The van der Waals surface area contributed by atoms with E-state index < -0.39 is 0 Å². The van der Waals surface area contributed by atoms with Crippen LogP contribution in [0.15, 0.2) is 52.8 Å². The Labute approximate surface area is 193 Å². The molecular formula is C24H30N6OS. The van der Waals surface area contributed by atoms with E-state index in [2.05, 4.69) is 32.2 Å². The Morgan fingerprint density at radius 1 is 1.03 bits per heavy atom. The summed E-state index contributed by atoms with van der Waals surface area (Å²) in [6.07, 6.45) is 3.43. The molecule has 2 aliphatic rings. The largest absolute Gasteiger partial charge is 0.508 e. The highest BCUT2D eigenvalue weighted by Gasteiger charge is 2.24. The molecule has 0 amide bonds. The second-order valence-corrected chi connectivity index (χ2v) is 8.77. The lowest BCUT2D eigenvalue weighted by molar-refractivity contribution is 0.443. The van der Waals surface area contributed by atoms with Gasteiger partial charge in [-0.15, -0.1) is 11.3 Å². The van der Waals surface area contributed by atoms with E-state index >= 15 is 0 Å². The van der Waals surface area contributed by atoms with Crippen LogP contribution in [0, 0.1) is 0 Å². The summed E-state index contributed by atoms with van der Waals surface area (Å²) in [4.78, 5) is 15.4. The number of aromatic hydroxyl groups is 1.